The van der Waals surface area contributed by atoms with Gasteiger partial charge in [0.05, 0.1) is 19.2 Å². The Morgan fingerprint density at radius 1 is 1.28 bits per heavy atom. The van der Waals surface area contributed by atoms with Gasteiger partial charge in [0.15, 0.2) is 5.41 Å². The standard InChI is InChI=1S/C21H21BrN2O/c1-14-9-10-18(25-2)19(20(14)22)16-7-5-11-21(12-23,13-24)17-8-4-3-6-15(16)17/h5,7-10,15-16H,3-4,6,11H2,1-2H3/t15-,16+/m0/s1. The van der Waals surface area contributed by atoms with E-state index in [0.29, 0.717) is 6.42 Å². The van der Waals surface area contributed by atoms with Crippen LogP contribution >= 0.6 is 15.9 Å². The fourth-order valence-corrected chi connectivity index (χ4v) is 4.72. The molecule has 4 heteroatoms. The number of fused-ring (bicyclic) bond motifs is 1. The third-order valence-electron chi connectivity index (χ3n) is 5.44. The molecule has 0 saturated carbocycles. The first-order valence-electron chi connectivity index (χ1n) is 8.60. The van der Waals surface area contributed by atoms with Crippen LogP contribution in [0, 0.1) is 40.9 Å². The predicted octanol–water partition coefficient (Wildman–Crippen LogP) is 5.57. The molecular formula is C21H21BrN2O. The third kappa shape index (κ3) is 2.90. The van der Waals surface area contributed by atoms with E-state index in [9.17, 15) is 10.5 Å². The number of rotatable bonds is 2. The van der Waals surface area contributed by atoms with Gasteiger partial charge in [-0.3, -0.25) is 0 Å². The van der Waals surface area contributed by atoms with Gasteiger partial charge >= 0.3 is 0 Å². The molecule has 0 unspecified atom stereocenters. The van der Waals surface area contributed by atoms with Crippen LogP contribution in [0.25, 0.3) is 0 Å². The zero-order chi connectivity index (χ0) is 18.0. The van der Waals surface area contributed by atoms with Gasteiger partial charge < -0.3 is 4.74 Å². The van der Waals surface area contributed by atoms with Crippen LogP contribution in [-0.2, 0) is 0 Å². The van der Waals surface area contributed by atoms with Crippen LogP contribution in [-0.4, -0.2) is 7.11 Å². The lowest BCUT2D eigenvalue weighted by Gasteiger charge is -2.34. The molecule has 0 aromatic heterocycles. The maximum atomic E-state index is 9.78. The number of hydrogen-bond donors (Lipinski definition) is 0. The zero-order valence-electron chi connectivity index (χ0n) is 14.6. The number of benzene rings is 1. The number of nitrogens with zero attached hydrogens (tertiary/aromatic N) is 2. The van der Waals surface area contributed by atoms with Gasteiger partial charge in [0.1, 0.15) is 5.75 Å². The molecule has 25 heavy (non-hydrogen) atoms. The van der Waals surface area contributed by atoms with Crippen LogP contribution in [0.3, 0.4) is 0 Å². The Bertz CT molecular complexity index is 812. The van der Waals surface area contributed by atoms with Crippen LogP contribution in [0.1, 0.15) is 42.7 Å². The Hall–Kier alpha value is -2.04. The molecular weight excluding hydrogens is 376 g/mol. The van der Waals surface area contributed by atoms with Crippen molar-refractivity contribution in [1.29, 1.82) is 10.5 Å². The maximum absolute atomic E-state index is 9.78. The summed E-state index contributed by atoms with van der Waals surface area (Å²) >= 11 is 3.75. The summed E-state index contributed by atoms with van der Waals surface area (Å²) in [6, 6.07) is 8.66. The smallest absolute Gasteiger partial charge is 0.168 e. The van der Waals surface area contributed by atoms with Gasteiger partial charge in [-0.2, -0.15) is 10.5 Å². The van der Waals surface area contributed by atoms with Crippen LogP contribution in [0.5, 0.6) is 5.75 Å². The second-order valence-electron chi connectivity index (χ2n) is 6.80. The lowest BCUT2D eigenvalue weighted by atomic mass is 9.67. The quantitative estimate of drug-likeness (QED) is 0.613. The molecule has 0 spiro atoms. The van der Waals surface area contributed by atoms with Gasteiger partial charge in [0.2, 0.25) is 0 Å². The summed E-state index contributed by atoms with van der Waals surface area (Å²) in [6.07, 6.45) is 9.76. The number of allylic oxidation sites excluding steroid dienone is 4. The van der Waals surface area contributed by atoms with Crippen LogP contribution in [0.15, 0.2) is 40.4 Å². The van der Waals surface area contributed by atoms with Crippen molar-refractivity contribution in [3.8, 4) is 17.9 Å². The summed E-state index contributed by atoms with van der Waals surface area (Å²) < 4.78 is 6.70. The van der Waals surface area contributed by atoms with E-state index in [1.165, 1.54) is 0 Å². The van der Waals surface area contributed by atoms with Crippen molar-refractivity contribution in [2.24, 2.45) is 11.3 Å². The largest absolute Gasteiger partial charge is 0.496 e. The zero-order valence-corrected chi connectivity index (χ0v) is 16.1. The first-order valence-corrected chi connectivity index (χ1v) is 9.40. The van der Waals surface area contributed by atoms with Crippen LogP contribution in [0.2, 0.25) is 0 Å². The molecule has 0 saturated heterocycles. The molecule has 0 aliphatic heterocycles. The molecule has 0 bridgehead atoms. The van der Waals surface area contributed by atoms with Crippen molar-refractivity contribution in [2.75, 3.05) is 7.11 Å². The molecule has 0 radical (unpaired) electrons. The van der Waals surface area contributed by atoms with Gasteiger partial charge in [-0.15, -0.1) is 0 Å². The average Bonchev–Trinajstić information content (AvgIpc) is 2.81. The maximum Gasteiger partial charge on any atom is 0.168 e. The molecule has 0 heterocycles. The average molecular weight is 397 g/mol. The first kappa shape index (κ1) is 17.8. The Morgan fingerprint density at radius 3 is 2.72 bits per heavy atom. The Morgan fingerprint density at radius 2 is 2.04 bits per heavy atom. The molecule has 3 nitrogen and oxygen atoms in total. The summed E-state index contributed by atoms with van der Waals surface area (Å²) in [4.78, 5) is 0. The van der Waals surface area contributed by atoms with Gasteiger partial charge in [0, 0.05) is 22.4 Å². The number of ether oxygens (including phenoxy) is 1. The van der Waals surface area contributed by atoms with Crippen molar-refractivity contribution in [2.45, 2.75) is 38.5 Å². The lowest BCUT2D eigenvalue weighted by Crippen LogP contribution is -2.28. The molecule has 1 aromatic rings. The highest BCUT2D eigenvalue weighted by atomic mass is 79.9. The summed E-state index contributed by atoms with van der Waals surface area (Å²) in [6.45, 7) is 2.07. The minimum absolute atomic E-state index is 0.0966. The lowest BCUT2D eigenvalue weighted by molar-refractivity contribution is 0.384. The Kier molecular flexibility index (Phi) is 5.02. The minimum atomic E-state index is -1.04. The second kappa shape index (κ2) is 7.06. The van der Waals surface area contributed by atoms with E-state index >= 15 is 0 Å². The SMILES string of the molecule is COc1ccc(C)c(Br)c1[C@@H]1C=CCC(C#N)(C#N)C2=CCCC[C@H]21. The monoisotopic (exact) mass is 396 g/mol. The number of hydrogen-bond acceptors (Lipinski definition) is 3. The minimum Gasteiger partial charge on any atom is -0.496 e. The Labute approximate surface area is 157 Å². The molecule has 2 atom stereocenters. The van der Waals surface area contributed by atoms with Gasteiger partial charge in [-0.05, 0) is 49.3 Å². The summed E-state index contributed by atoms with van der Waals surface area (Å²) in [5, 5.41) is 19.6. The highest BCUT2D eigenvalue weighted by Crippen LogP contribution is 2.52. The first-order chi connectivity index (χ1) is 12.1. The number of methoxy groups -OCH3 is 1. The molecule has 0 fully saturated rings. The van der Waals surface area contributed by atoms with E-state index in [-0.39, 0.29) is 11.8 Å². The molecule has 128 valence electrons. The fourth-order valence-electron chi connectivity index (χ4n) is 4.12. The van der Waals surface area contributed by atoms with Crippen molar-refractivity contribution < 1.29 is 4.74 Å². The highest BCUT2D eigenvalue weighted by Gasteiger charge is 2.44. The van der Waals surface area contributed by atoms with Gasteiger partial charge in [0.25, 0.3) is 0 Å². The summed E-state index contributed by atoms with van der Waals surface area (Å²) in [7, 11) is 1.69. The second-order valence-corrected chi connectivity index (χ2v) is 7.59. The number of aryl methyl sites for hydroxylation is 1. The van der Waals surface area contributed by atoms with Crippen molar-refractivity contribution >= 4 is 15.9 Å². The highest BCUT2D eigenvalue weighted by molar-refractivity contribution is 9.10. The van der Waals surface area contributed by atoms with Crippen molar-refractivity contribution in [1.82, 2.24) is 0 Å². The third-order valence-corrected chi connectivity index (χ3v) is 6.50. The van der Waals surface area contributed by atoms with E-state index in [1.54, 1.807) is 7.11 Å². The molecule has 2 aliphatic rings. The van der Waals surface area contributed by atoms with Gasteiger partial charge in [-0.1, -0.05) is 40.2 Å². The van der Waals surface area contributed by atoms with Gasteiger partial charge in [-0.25, -0.2) is 0 Å². The van der Waals surface area contributed by atoms with Crippen LogP contribution < -0.4 is 4.74 Å². The molecule has 2 aliphatic carbocycles. The fraction of sp³-hybridized carbons (Fsp3) is 0.429. The van der Waals surface area contributed by atoms with E-state index in [1.807, 2.05) is 18.2 Å². The van der Waals surface area contributed by atoms with E-state index < -0.39 is 5.41 Å². The van der Waals surface area contributed by atoms with E-state index in [0.717, 1.165) is 46.2 Å². The predicted molar refractivity (Wildman–Crippen MR) is 101 cm³/mol. The molecule has 3 rings (SSSR count). The van der Waals surface area contributed by atoms with Crippen LogP contribution in [0.4, 0.5) is 0 Å². The Balaban J connectivity index is 2.19. The number of halogens is 1. The van der Waals surface area contributed by atoms with E-state index in [2.05, 4.69) is 47.1 Å². The molecule has 0 amide bonds. The topological polar surface area (TPSA) is 56.8 Å². The molecule has 1 aromatic carbocycles. The van der Waals surface area contributed by atoms with Crippen molar-refractivity contribution in [3.05, 3.63) is 51.5 Å². The molecule has 0 N–H and O–H groups in total. The number of nitriles is 2. The normalized spacial score (nSPS) is 24.3. The van der Waals surface area contributed by atoms with Crippen molar-refractivity contribution in [3.63, 3.8) is 0 Å². The summed E-state index contributed by atoms with van der Waals surface area (Å²) in [5.41, 5.74) is 2.22. The van der Waals surface area contributed by atoms with E-state index in [4.69, 9.17) is 4.74 Å². The summed E-state index contributed by atoms with van der Waals surface area (Å²) in [5.74, 6) is 1.09.